The van der Waals surface area contributed by atoms with Gasteiger partial charge in [0.15, 0.2) is 0 Å². The van der Waals surface area contributed by atoms with Crippen molar-refractivity contribution >= 4 is 12.7 Å². The summed E-state index contributed by atoms with van der Waals surface area (Å²) in [5.41, 5.74) is 0. The summed E-state index contributed by atoms with van der Waals surface area (Å²) in [7, 11) is 0. The summed E-state index contributed by atoms with van der Waals surface area (Å²) in [6.07, 6.45) is 11.8. The Morgan fingerprint density at radius 2 is 1.85 bits per heavy atom. The number of hydrogen-bond acceptors (Lipinski definition) is 3. The van der Waals surface area contributed by atoms with Gasteiger partial charge < -0.3 is 4.90 Å². The van der Waals surface area contributed by atoms with Crippen LogP contribution >= 0.6 is 0 Å². The zero-order valence-corrected chi connectivity index (χ0v) is 8.02. The summed E-state index contributed by atoms with van der Waals surface area (Å²) < 4.78 is 0. The third-order valence-corrected chi connectivity index (χ3v) is 2.90. The first-order valence-corrected chi connectivity index (χ1v) is 5.24. The van der Waals surface area contributed by atoms with Gasteiger partial charge in [-0.25, -0.2) is 4.99 Å². The normalized spacial score (nSPS) is 24.8. The van der Waals surface area contributed by atoms with Crippen LogP contribution < -0.4 is 0 Å². The van der Waals surface area contributed by atoms with Crippen molar-refractivity contribution in [1.82, 2.24) is 4.90 Å². The largest absolute Gasteiger partial charge is 0.340 e. The van der Waals surface area contributed by atoms with Crippen molar-refractivity contribution in [2.75, 3.05) is 6.67 Å². The molecular formula is C10H17N3. The molecule has 0 N–H and O–H groups in total. The molecule has 0 aromatic rings. The molecule has 0 spiro atoms. The molecule has 3 heteroatoms. The molecule has 0 amide bonds. The molecule has 0 bridgehead atoms. The van der Waals surface area contributed by atoms with E-state index >= 15 is 0 Å². The standard InChI is InChI=1S/C10H17N3/c1-2-4-6-10(5-3-1)13-8-11-7-12-9-13/h7-8,10H,1-6,9H2. The van der Waals surface area contributed by atoms with Crippen LogP contribution in [0.15, 0.2) is 9.98 Å². The van der Waals surface area contributed by atoms with E-state index in [9.17, 15) is 0 Å². The molecular weight excluding hydrogens is 162 g/mol. The van der Waals surface area contributed by atoms with E-state index in [1.807, 2.05) is 6.34 Å². The molecule has 1 saturated carbocycles. The van der Waals surface area contributed by atoms with E-state index in [2.05, 4.69) is 14.9 Å². The average Bonchev–Trinajstić information content (AvgIpc) is 2.47. The van der Waals surface area contributed by atoms with Crippen LogP contribution in [0.1, 0.15) is 38.5 Å². The van der Waals surface area contributed by atoms with E-state index in [1.54, 1.807) is 6.34 Å². The quantitative estimate of drug-likeness (QED) is 0.566. The van der Waals surface area contributed by atoms with Gasteiger partial charge in [0, 0.05) is 6.04 Å². The maximum absolute atomic E-state index is 4.17. The molecule has 0 aromatic carbocycles. The van der Waals surface area contributed by atoms with Crippen LogP contribution in [-0.2, 0) is 0 Å². The lowest BCUT2D eigenvalue weighted by Crippen LogP contribution is -2.35. The molecule has 0 aromatic heterocycles. The van der Waals surface area contributed by atoms with Crippen molar-refractivity contribution in [2.45, 2.75) is 44.6 Å². The molecule has 2 rings (SSSR count). The van der Waals surface area contributed by atoms with E-state index < -0.39 is 0 Å². The van der Waals surface area contributed by atoms with Crippen molar-refractivity contribution in [2.24, 2.45) is 9.98 Å². The van der Waals surface area contributed by atoms with Crippen molar-refractivity contribution in [3.63, 3.8) is 0 Å². The van der Waals surface area contributed by atoms with Crippen LogP contribution in [0.25, 0.3) is 0 Å². The fraction of sp³-hybridized carbons (Fsp3) is 0.800. The van der Waals surface area contributed by atoms with Crippen molar-refractivity contribution in [3.8, 4) is 0 Å². The Kier molecular flexibility index (Phi) is 2.95. The summed E-state index contributed by atoms with van der Waals surface area (Å²) in [6, 6.07) is 0.698. The molecule has 0 saturated heterocycles. The van der Waals surface area contributed by atoms with Gasteiger partial charge in [-0.1, -0.05) is 25.7 Å². The molecule has 0 unspecified atom stereocenters. The minimum Gasteiger partial charge on any atom is -0.340 e. The Morgan fingerprint density at radius 3 is 2.46 bits per heavy atom. The highest BCUT2D eigenvalue weighted by Gasteiger charge is 2.17. The monoisotopic (exact) mass is 179 g/mol. The number of aliphatic imine (C=N–C) groups is 2. The van der Waals surface area contributed by atoms with Gasteiger partial charge in [-0.3, -0.25) is 4.99 Å². The highest BCUT2D eigenvalue weighted by molar-refractivity contribution is 5.73. The zero-order valence-electron chi connectivity index (χ0n) is 8.02. The van der Waals surface area contributed by atoms with Gasteiger partial charge in [-0.15, -0.1) is 0 Å². The minimum absolute atomic E-state index is 0.698. The van der Waals surface area contributed by atoms with E-state index in [4.69, 9.17) is 0 Å². The second-order valence-corrected chi connectivity index (χ2v) is 3.86. The smallest absolute Gasteiger partial charge is 0.113 e. The highest BCUT2D eigenvalue weighted by atomic mass is 15.3. The van der Waals surface area contributed by atoms with E-state index in [0.29, 0.717) is 6.04 Å². The Balaban J connectivity index is 1.90. The molecule has 0 atom stereocenters. The maximum atomic E-state index is 4.17. The van der Waals surface area contributed by atoms with Gasteiger partial charge in [-0.05, 0) is 12.8 Å². The molecule has 2 aliphatic rings. The Labute approximate surface area is 79.6 Å². The summed E-state index contributed by atoms with van der Waals surface area (Å²) in [5.74, 6) is 0. The third kappa shape index (κ3) is 2.29. The zero-order chi connectivity index (χ0) is 8.93. The van der Waals surface area contributed by atoms with Crippen LogP contribution in [-0.4, -0.2) is 30.3 Å². The van der Waals surface area contributed by atoms with Crippen LogP contribution in [0.4, 0.5) is 0 Å². The fourth-order valence-electron chi connectivity index (χ4n) is 2.13. The minimum atomic E-state index is 0.698. The number of nitrogens with zero attached hydrogens (tertiary/aromatic N) is 3. The molecule has 1 fully saturated rings. The first-order chi connectivity index (χ1) is 6.47. The topological polar surface area (TPSA) is 28.0 Å². The molecule has 3 nitrogen and oxygen atoms in total. The molecule has 1 heterocycles. The fourth-order valence-corrected chi connectivity index (χ4v) is 2.13. The van der Waals surface area contributed by atoms with E-state index in [0.717, 1.165) is 6.67 Å². The first-order valence-electron chi connectivity index (χ1n) is 5.24. The summed E-state index contributed by atoms with van der Waals surface area (Å²) in [4.78, 5) is 10.5. The lowest BCUT2D eigenvalue weighted by Gasteiger charge is -2.28. The number of hydrogen-bond donors (Lipinski definition) is 0. The van der Waals surface area contributed by atoms with Crippen LogP contribution in [0.2, 0.25) is 0 Å². The van der Waals surface area contributed by atoms with Crippen LogP contribution in [0.3, 0.4) is 0 Å². The van der Waals surface area contributed by atoms with Crippen molar-refractivity contribution in [1.29, 1.82) is 0 Å². The lowest BCUT2D eigenvalue weighted by atomic mass is 10.1. The highest BCUT2D eigenvalue weighted by Crippen LogP contribution is 2.21. The van der Waals surface area contributed by atoms with Gasteiger partial charge in [0.25, 0.3) is 0 Å². The Hall–Kier alpha value is -0.860. The summed E-state index contributed by atoms with van der Waals surface area (Å²) in [5, 5.41) is 0. The van der Waals surface area contributed by atoms with Crippen LogP contribution in [0, 0.1) is 0 Å². The van der Waals surface area contributed by atoms with Gasteiger partial charge in [-0.2, -0.15) is 0 Å². The lowest BCUT2D eigenvalue weighted by molar-refractivity contribution is 0.296. The third-order valence-electron chi connectivity index (χ3n) is 2.90. The summed E-state index contributed by atoms with van der Waals surface area (Å²) >= 11 is 0. The first kappa shape index (κ1) is 8.73. The van der Waals surface area contributed by atoms with Crippen molar-refractivity contribution < 1.29 is 0 Å². The SMILES string of the molecule is C1=NC=NCN1C1CCCCCC1. The summed E-state index contributed by atoms with van der Waals surface area (Å²) in [6.45, 7) is 0.814. The van der Waals surface area contributed by atoms with Gasteiger partial charge >= 0.3 is 0 Å². The maximum Gasteiger partial charge on any atom is 0.113 e. The van der Waals surface area contributed by atoms with Gasteiger partial charge in [0.1, 0.15) is 13.0 Å². The molecule has 72 valence electrons. The number of rotatable bonds is 1. The predicted octanol–water partition coefficient (Wildman–Crippen LogP) is 2.04. The van der Waals surface area contributed by atoms with Crippen molar-refractivity contribution in [3.05, 3.63) is 0 Å². The second kappa shape index (κ2) is 4.40. The van der Waals surface area contributed by atoms with E-state index in [-0.39, 0.29) is 0 Å². The molecule has 1 aliphatic heterocycles. The second-order valence-electron chi connectivity index (χ2n) is 3.86. The van der Waals surface area contributed by atoms with Gasteiger partial charge in [0.2, 0.25) is 0 Å². The molecule has 13 heavy (non-hydrogen) atoms. The Bertz CT molecular complexity index is 202. The van der Waals surface area contributed by atoms with E-state index in [1.165, 1.54) is 38.5 Å². The Morgan fingerprint density at radius 1 is 1.08 bits per heavy atom. The average molecular weight is 179 g/mol. The van der Waals surface area contributed by atoms with Gasteiger partial charge in [0.05, 0.1) is 6.34 Å². The molecule has 1 aliphatic carbocycles. The van der Waals surface area contributed by atoms with Crippen LogP contribution in [0.5, 0.6) is 0 Å². The molecule has 0 radical (unpaired) electrons. The predicted molar refractivity (Wildman–Crippen MR) is 55.2 cm³/mol.